The van der Waals surface area contributed by atoms with Crippen LogP contribution in [0.25, 0.3) is 0 Å². The summed E-state index contributed by atoms with van der Waals surface area (Å²) in [5, 5.41) is 0. The molecule has 0 amide bonds. The van der Waals surface area contributed by atoms with E-state index in [1.807, 2.05) is 0 Å². The molecule has 0 spiro atoms. The molecule has 0 rings (SSSR count). The fraction of sp³-hybridized carbons (Fsp3) is 0. The third kappa shape index (κ3) is 169. The van der Waals surface area contributed by atoms with Gasteiger partial charge in [-0.1, -0.05) is 0 Å². The van der Waals surface area contributed by atoms with Crippen molar-refractivity contribution in [3.8, 4) is 0 Å². The maximum atomic E-state index is 8.74. The van der Waals surface area contributed by atoms with Crippen LogP contribution >= 0.6 is 9.69 Å². The van der Waals surface area contributed by atoms with Gasteiger partial charge in [-0.15, -0.1) is 0 Å². The van der Waals surface area contributed by atoms with Gasteiger partial charge in [-0.05, 0) is 0 Å². The molecule has 0 saturated heterocycles. The standard InChI is InChI=1S/Al.ClH.H2O4S.Zn.3H/c;;1-5(2,3)4;;;;/h;1H;(H2,1,2,3,4);;;;/q;;;+1;;;/p-1. The molecular weight excluding hydrogens is 224 g/mol. The van der Waals surface area contributed by atoms with E-state index in [0.717, 1.165) is 17.3 Å². The van der Waals surface area contributed by atoms with Crippen LogP contribution in [0.15, 0.2) is 0 Å². The SMILES string of the molecule is O=S(=O)(O)O.[AlH3].[Cl][Zn]. The van der Waals surface area contributed by atoms with E-state index in [4.69, 9.17) is 27.2 Å². The molecule has 47 valence electrons. The third-order valence-corrected chi connectivity index (χ3v) is 0. The molecule has 0 heterocycles. The normalized spacial score (nSPS) is 8.12. The second kappa shape index (κ2) is 8.32. The fourth-order valence-corrected chi connectivity index (χ4v) is 0. The Morgan fingerprint density at radius 1 is 1.25 bits per heavy atom. The summed E-state index contributed by atoms with van der Waals surface area (Å²) in [5.74, 6) is 0. The molecule has 0 saturated carbocycles. The molecule has 0 radical (unpaired) electrons. The molecule has 2 N–H and O–H groups in total. The van der Waals surface area contributed by atoms with Crippen molar-refractivity contribution < 1.29 is 34.8 Å². The van der Waals surface area contributed by atoms with Crippen LogP contribution in [0.5, 0.6) is 0 Å². The Labute approximate surface area is 72.0 Å². The Hall–Kier alpha value is 1.32. The van der Waals surface area contributed by atoms with Crippen LogP contribution in [0.1, 0.15) is 0 Å². The summed E-state index contributed by atoms with van der Waals surface area (Å²) in [4.78, 5) is 0. The first-order valence-electron chi connectivity index (χ1n) is 0.966. The molecule has 0 fully saturated rings. The van der Waals surface area contributed by atoms with Crippen molar-refractivity contribution in [1.29, 1.82) is 0 Å². The van der Waals surface area contributed by atoms with Gasteiger partial charge in [0.25, 0.3) is 0 Å². The number of hydrogen-bond donors (Lipinski definition) is 2. The molecule has 0 aromatic heterocycles. The predicted molar refractivity (Wildman–Crippen MR) is 30.0 cm³/mol. The van der Waals surface area contributed by atoms with Gasteiger partial charge in [-0.2, -0.15) is 8.42 Å². The van der Waals surface area contributed by atoms with Gasteiger partial charge in [0, 0.05) is 0 Å². The number of halogens is 1. The molecule has 0 aliphatic carbocycles. The molecule has 8 heteroatoms. The molecular formula is H5AlClO4SZn. The van der Waals surface area contributed by atoms with Crippen LogP contribution in [0, 0.1) is 0 Å². The maximum absolute atomic E-state index is 8.74. The average molecular weight is 229 g/mol. The Morgan fingerprint density at radius 3 is 1.25 bits per heavy atom. The molecule has 0 aromatic carbocycles. The summed E-state index contributed by atoms with van der Waals surface area (Å²) in [5.41, 5.74) is 0. The number of rotatable bonds is 0. The molecule has 8 heavy (non-hydrogen) atoms. The van der Waals surface area contributed by atoms with E-state index in [-0.39, 0.29) is 17.4 Å². The zero-order chi connectivity index (χ0) is 6.50. The van der Waals surface area contributed by atoms with Crippen molar-refractivity contribution in [3.05, 3.63) is 0 Å². The van der Waals surface area contributed by atoms with E-state index in [1.54, 1.807) is 0 Å². The van der Waals surface area contributed by atoms with Gasteiger partial charge >= 0.3 is 37.4 Å². The summed E-state index contributed by atoms with van der Waals surface area (Å²) < 4.78 is 31.6. The molecule has 0 atom stereocenters. The van der Waals surface area contributed by atoms with Crippen molar-refractivity contribution in [2.24, 2.45) is 0 Å². The van der Waals surface area contributed by atoms with Crippen molar-refractivity contribution in [1.82, 2.24) is 0 Å². The van der Waals surface area contributed by atoms with E-state index >= 15 is 0 Å². The number of hydrogen-bond acceptors (Lipinski definition) is 2. The Morgan fingerprint density at radius 2 is 1.25 bits per heavy atom. The summed E-state index contributed by atoms with van der Waals surface area (Å²) in [6.07, 6.45) is 0. The summed E-state index contributed by atoms with van der Waals surface area (Å²) in [7, 11) is 0.0972. The van der Waals surface area contributed by atoms with Crippen molar-refractivity contribution in [2.45, 2.75) is 0 Å². The second-order valence-corrected chi connectivity index (χ2v) is 1.34. The van der Waals surface area contributed by atoms with E-state index in [1.165, 1.54) is 0 Å². The van der Waals surface area contributed by atoms with Crippen molar-refractivity contribution in [2.75, 3.05) is 0 Å². The molecule has 0 aliphatic heterocycles. The Bertz CT molecular complexity index is 99.2. The molecule has 0 unspecified atom stereocenters. The van der Waals surface area contributed by atoms with E-state index in [0.29, 0.717) is 0 Å². The van der Waals surface area contributed by atoms with Gasteiger partial charge in [0.05, 0.1) is 0 Å². The zero-order valence-electron chi connectivity index (χ0n) is 3.20. The van der Waals surface area contributed by atoms with Crippen LogP contribution in [-0.4, -0.2) is 34.9 Å². The van der Waals surface area contributed by atoms with Gasteiger partial charge in [0.15, 0.2) is 17.4 Å². The molecule has 0 bridgehead atoms. The van der Waals surface area contributed by atoms with Crippen LogP contribution in [0.2, 0.25) is 0 Å². The quantitative estimate of drug-likeness (QED) is 0.406. The van der Waals surface area contributed by atoms with Crippen molar-refractivity contribution in [3.63, 3.8) is 0 Å². The summed E-state index contributed by atoms with van der Waals surface area (Å²) in [6, 6.07) is 0. The molecule has 0 aromatic rings. The average Bonchev–Trinajstić information content (AvgIpc) is 1.36. The summed E-state index contributed by atoms with van der Waals surface area (Å²) in [6.45, 7) is 0. The minimum absolute atomic E-state index is 0. The van der Waals surface area contributed by atoms with Gasteiger partial charge in [-0.3, -0.25) is 9.11 Å². The first-order chi connectivity index (χ1) is 3.00. The molecule has 0 aliphatic rings. The van der Waals surface area contributed by atoms with Gasteiger partial charge in [0.1, 0.15) is 0 Å². The van der Waals surface area contributed by atoms with E-state index < -0.39 is 10.4 Å². The van der Waals surface area contributed by atoms with Gasteiger partial charge < -0.3 is 0 Å². The Kier molecular flexibility index (Phi) is 16.8. The van der Waals surface area contributed by atoms with Crippen molar-refractivity contribution >= 4 is 37.5 Å². The minimum atomic E-state index is -4.67. The molecule has 4 nitrogen and oxygen atoms in total. The predicted octanol–water partition coefficient (Wildman–Crippen LogP) is -1.15. The van der Waals surface area contributed by atoms with Gasteiger partial charge in [0.2, 0.25) is 0 Å². The Balaban J connectivity index is -0.0000000750. The van der Waals surface area contributed by atoms with Crippen LogP contribution < -0.4 is 0 Å². The van der Waals surface area contributed by atoms with Crippen LogP contribution in [0.4, 0.5) is 0 Å². The van der Waals surface area contributed by atoms with Crippen LogP contribution in [-0.2, 0) is 27.7 Å². The monoisotopic (exact) mass is 227 g/mol. The van der Waals surface area contributed by atoms with Crippen LogP contribution in [0.3, 0.4) is 0 Å². The second-order valence-electron chi connectivity index (χ2n) is 0.448. The first kappa shape index (κ1) is 16.1. The topological polar surface area (TPSA) is 74.6 Å². The van der Waals surface area contributed by atoms with E-state index in [9.17, 15) is 0 Å². The van der Waals surface area contributed by atoms with E-state index in [2.05, 4.69) is 0 Å². The summed E-state index contributed by atoms with van der Waals surface area (Å²) >= 11 is 0.847. The van der Waals surface area contributed by atoms with Gasteiger partial charge in [-0.25, -0.2) is 0 Å². The zero-order valence-corrected chi connectivity index (χ0v) is 7.74. The first-order valence-corrected chi connectivity index (χ1v) is 6.26. The fourth-order valence-electron chi connectivity index (χ4n) is 0. The third-order valence-electron chi connectivity index (χ3n) is 0.